The predicted molar refractivity (Wildman–Crippen MR) is 106 cm³/mol. The molecule has 150 valence electrons. The van der Waals surface area contributed by atoms with Crippen molar-refractivity contribution < 1.29 is 19.1 Å². The quantitative estimate of drug-likeness (QED) is 0.608. The highest BCUT2D eigenvalue weighted by atomic mass is 16.5. The monoisotopic (exact) mass is 395 g/mol. The van der Waals surface area contributed by atoms with Crippen molar-refractivity contribution in [3.63, 3.8) is 0 Å². The number of H-pyrrole nitrogens is 1. The molecule has 2 aromatic rings. The Balaban J connectivity index is 1.48. The number of ether oxygens (including phenoxy) is 1. The molecule has 0 saturated heterocycles. The number of nitrogens with zero attached hydrogens (tertiary/aromatic N) is 1. The van der Waals surface area contributed by atoms with Gasteiger partial charge in [-0.25, -0.2) is 4.79 Å². The summed E-state index contributed by atoms with van der Waals surface area (Å²) in [6.07, 6.45) is 4.67. The average Bonchev–Trinajstić information content (AvgIpc) is 2.95. The number of hydrogen-bond donors (Lipinski definition) is 2. The number of hydrogen-bond acceptors (Lipinski definition) is 5. The molecule has 2 aliphatic rings. The standard InChI is InChI=1S/C21H21N3O5/c25-18-11-24(17-9-5-4-8-16(17)22-18)19(26)12-29-21(28)14-10-13-6-2-1-3-7-15(13)23-20(14)27/h4-5,8-10H,1-3,6-7,11-12H2,(H,22,25)(H,23,27). The number of anilines is 2. The fraction of sp³-hybridized carbons (Fsp3) is 0.333. The number of para-hydroxylation sites is 2. The molecule has 0 bridgehead atoms. The maximum absolute atomic E-state index is 12.6. The lowest BCUT2D eigenvalue weighted by Crippen LogP contribution is -2.44. The Bertz CT molecular complexity index is 1040. The van der Waals surface area contributed by atoms with Crippen LogP contribution in [-0.2, 0) is 27.2 Å². The van der Waals surface area contributed by atoms with E-state index in [-0.39, 0.29) is 18.0 Å². The van der Waals surface area contributed by atoms with Crippen LogP contribution in [-0.4, -0.2) is 35.9 Å². The van der Waals surface area contributed by atoms with Crippen LogP contribution in [0.5, 0.6) is 0 Å². The van der Waals surface area contributed by atoms with Crippen LogP contribution in [0.1, 0.15) is 40.9 Å². The van der Waals surface area contributed by atoms with E-state index in [9.17, 15) is 19.2 Å². The van der Waals surface area contributed by atoms with Crippen LogP contribution in [0, 0.1) is 0 Å². The summed E-state index contributed by atoms with van der Waals surface area (Å²) in [5, 5.41) is 2.69. The minimum absolute atomic E-state index is 0.102. The highest BCUT2D eigenvalue weighted by Gasteiger charge is 2.27. The molecule has 2 amide bonds. The van der Waals surface area contributed by atoms with Crippen molar-refractivity contribution in [3.8, 4) is 0 Å². The van der Waals surface area contributed by atoms with Gasteiger partial charge in [0, 0.05) is 5.69 Å². The number of rotatable bonds is 3. The first-order valence-electron chi connectivity index (χ1n) is 9.64. The molecule has 0 atom stereocenters. The van der Waals surface area contributed by atoms with Gasteiger partial charge in [0.1, 0.15) is 12.1 Å². The zero-order valence-electron chi connectivity index (χ0n) is 15.8. The zero-order valence-corrected chi connectivity index (χ0v) is 15.8. The van der Waals surface area contributed by atoms with Gasteiger partial charge >= 0.3 is 5.97 Å². The van der Waals surface area contributed by atoms with Crippen molar-refractivity contribution in [2.45, 2.75) is 32.1 Å². The Morgan fingerprint density at radius 1 is 1.07 bits per heavy atom. The van der Waals surface area contributed by atoms with E-state index in [0.717, 1.165) is 43.4 Å². The first kappa shape index (κ1) is 18.9. The van der Waals surface area contributed by atoms with E-state index in [0.29, 0.717) is 11.4 Å². The summed E-state index contributed by atoms with van der Waals surface area (Å²) in [6, 6.07) is 8.46. The van der Waals surface area contributed by atoms with Gasteiger partial charge in [0.2, 0.25) is 5.91 Å². The third kappa shape index (κ3) is 3.91. The maximum atomic E-state index is 12.6. The Labute approximate surface area is 166 Å². The van der Waals surface area contributed by atoms with E-state index in [1.807, 2.05) is 0 Å². The lowest BCUT2D eigenvalue weighted by atomic mass is 10.1. The van der Waals surface area contributed by atoms with Crippen LogP contribution >= 0.6 is 0 Å². The van der Waals surface area contributed by atoms with E-state index in [1.165, 1.54) is 4.90 Å². The van der Waals surface area contributed by atoms with E-state index >= 15 is 0 Å². The molecule has 0 radical (unpaired) electrons. The van der Waals surface area contributed by atoms with Crippen molar-refractivity contribution >= 4 is 29.2 Å². The number of nitrogens with one attached hydrogen (secondary N) is 2. The number of esters is 1. The molecule has 0 spiro atoms. The Kier molecular flexibility index (Phi) is 5.16. The Hall–Kier alpha value is -3.42. The first-order valence-corrected chi connectivity index (χ1v) is 9.64. The zero-order chi connectivity index (χ0) is 20.4. The van der Waals surface area contributed by atoms with Crippen LogP contribution in [0.3, 0.4) is 0 Å². The van der Waals surface area contributed by atoms with Gasteiger partial charge in [0.15, 0.2) is 6.61 Å². The van der Waals surface area contributed by atoms with Crippen molar-refractivity contribution in [2.75, 3.05) is 23.4 Å². The van der Waals surface area contributed by atoms with Gasteiger partial charge in [-0.3, -0.25) is 19.3 Å². The number of carbonyl (C=O) groups excluding carboxylic acids is 3. The van der Waals surface area contributed by atoms with Gasteiger partial charge in [-0.05, 0) is 49.4 Å². The van der Waals surface area contributed by atoms with Gasteiger partial charge < -0.3 is 15.0 Å². The molecule has 0 unspecified atom stereocenters. The SMILES string of the molecule is O=C1CN(C(=O)COC(=O)c2cc3c([nH]c2=O)CCCCC3)c2ccccc2N1. The normalized spacial score (nSPS) is 15.6. The van der Waals surface area contributed by atoms with Gasteiger partial charge in [-0.15, -0.1) is 0 Å². The largest absolute Gasteiger partial charge is 0.452 e. The maximum Gasteiger partial charge on any atom is 0.344 e. The molecule has 2 N–H and O–H groups in total. The molecule has 1 aromatic heterocycles. The second-order valence-corrected chi connectivity index (χ2v) is 7.20. The lowest BCUT2D eigenvalue weighted by molar-refractivity contribution is -0.124. The van der Waals surface area contributed by atoms with Gasteiger partial charge in [0.25, 0.3) is 11.5 Å². The molecule has 0 saturated carbocycles. The van der Waals surface area contributed by atoms with Crippen molar-refractivity contribution in [2.24, 2.45) is 0 Å². The molecular formula is C21H21N3O5. The summed E-state index contributed by atoms with van der Waals surface area (Å²) in [7, 11) is 0. The highest BCUT2D eigenvalue weighted by Crippen LogP contribution is 2.28. The van der Waals surface area contributed by atoms with E-state index in [1.54, 1.807) is 30.3 Å². The number of pyridine rings is 1. The van der Waals surface area contributed by atoms with Crippen LogP contribution in [0.2, 0.25) is 0 Å². The van der Waals surface area contributed by atoms with E-state index in [2.05, 4.69) is 10.3 Å². The molecule has 29 heavy (non-hydrogen) atoms. The molecule has 1 aliphatic carbocycles. The molecule has 8 heteroatoms. The van der Waals surface area contributed by atoms with Crippen LogP contribution in [0.25, 0.3) is 0 Å². The lowest BCUT2D eigenvalue weighted by Gasteiger charge is -2.28. The molecule has 1 aromatic carbocycles. The number of aromatic amines is 1. The molecule has 8 nitrogen and oxygen atoms in total. The third-order valence-corrected chi connectivity index (χ3v) is 5.21. The fourth-order valence-corrected chi connectivity index (χ4v) is 3.74. The van der Waals surface area contributed by atoms with E-state index < -0.39 is 24.0 Å². The summed E-state index contributed by atoms with van der Waals surface area (Å²) >= 11 is 0. The predicted octanol–water partition coefficient (Wildman–Crippen LogP) is 1.79. The van der Waals surface area contributed by atoms with Crippen LogP contribution in [0.15, 0.2) is 35.1 Å². The molecule has 4 rings (SSSR count). The number of carbonyl (C=O) groups is 3. The number of fused-ring (bicyclic) bond motifs is 2. The van der Waals surface area contributed by atoms with E-state index in [4.69, 9.17) is 4.74 Å². The summed E-state index contributed by atoms with van der Waals surface area (Å²) < 4.78 is 5.11. The minimum atomic E-state index is -0.846. The van der Waals surface area contributed by atoms with Gasteiger partial charge in [-0.2, -0.15) is 0 Å². The summed E-state index contributed by atoms with van der Waals surface area (Å²) in [4.78, 5) is 53.2. The van der Waals surface area contributed by atoms with Crippen LogP contribution in [0.4, 0.5) is 11.4 Å². The smallest absolute Gasteiger partial charge is 0.344 e. The Morgan fingerprint density at radius 3 is 2.72 bits per heavy atom. The highest BCUT2D eigenvalue weighted by molar-refractivity contribution is 6.10. The average molecular weight is 395 g/mol. The third-order valence-electron chi connectivity index (χ3n) is 5.21. The summed E-state index contributed by atoms with van der Waals surface area (Å²) in [5.41, 5.74) is 2.26. The second kappa shape index (κ2) is 7.90. The number of benzene rings is 1. The van der Waals surface area contributed by atoms with Crippen LogP contribution < -0.4 is 15.8 Å². The number of aryl methyl sites for hydroxylation is 2. The molecule has 2 heterocycles. The molecule has 1 aliphatic heterocycles. The Morgan fingerprint density at radius 2 is 1.86 bits per heavy atom. The minimum Gasteiger partial charge on any atom is -0.452 e. The van der Waals surface area contributed by atoms with Crippen molar-refractivity contribution in [1.82, 2.24) is 4.98 Å². The number of aromatic nitrogens is 1. The second-order valence-electron chi connectivity index (χ2n) is 7.20. The summed E-state index contributed by atoms with van der Waals surface area (Å²) in [6.45, 7) is -0.718. The molecular weight excluding hydrogens is 374 g/mol. The first-order chi connectivity index (χ1) is 14.0. The fourth-order valence-electron chi connectivity index (χ4n) is 3.74. The summed E-state index contributed by atoms with van der Waals surface area (Å²) in [5.74, 6) is -1.71. The van der Waals surface area contributed by atoms with Gasteiger partial charge in [-0.1, -0.05) is 18.6 Å². The van der Waals surface area contributed by atoms with Crippen molar-refractivity contribution in [3.05, 3.63) is 57.5 Å². The van der Waals surface area contributed by atoms with Gasteiger partial charge in [0.05, 0.1) is 11.4 Å². The van der Waals surface area contributed by atoms with Crippen molar-refractivity contribution in [1.29, 1.82) is 0 Å². The number of amides is 2. The topological polar surface area (TPSA) is 109 Å². The molecule has 0 fully saturated rings.